The van der Waals surface area contributed by atoms with Crippen LogP contribution in [0, 0.1) is 5.92 Å². The van der Waals surface area contributed by atoms with Crippen molar-refractivity contribution in [1.82, 2.24) is 19.9 Å². The monoisotopic (exact) mass is 208 g/mol. The maximum absolute atomic E-state index is 10.4. The molecule has 0 aromatic carbocycles. The van der Waals surface area contributed by atoms with Crippen LogP contribution in [0.15, 0.2) is 6.20 Å². The molecule has 0 bridgehead atoms. The third-order valence-electron chi connectivity index (χ3n) is 2.84. The molecule has 1 saturated heterocycles. The second kappa shape index (κ2) is 4.53. The highest BCUT2D eigenvalue weighted by Gasteiger charge is 2.17. The summed E-state index contributed by atoms with van der Waals surface area (Å²) in [6.45, 7) is 3.16. The minimum atomic E-state index is 0.416. The van der Waals surface area contributed by atoms with Gasteiger partial charge in [0.15, 0.2) is 6.29 Å². The lowest BCUT2D eigenvalue weighted by molar-refractivity contribution is 0.111. The van der Waals surface area contributed by atoms with Gasteiger partial charge in [0, 0.05) is 13.1 Å². The largest absolute Gasteiger partial charge is 0.306 e. The zero-order chi connectivity index (χ0) is 10.7. The Morgan fingerprint density at radius 3 is 3.20 bits per heavy atom. The summed E-state index contributed by atoms with van der Waals surface area (Å²) >= 11 is 0. The van der Waals surface area contributed by atoms with Crippen LogP contribution in [0.4, 0.5) is 0 Å². The summed E-state index contributed by atoms with van der Waals surface area (Å²) in [6.07, 6.45) is 4.93. The van der Waals surface area contributed by atoms with Gasteiger partial charge < -0.3 is 4.90 Å². The zero-order valence-electron chi connectivity index (χ0n) is 8.96. The quantitative estimate of drug-likeness (QED) is 0.676. The molecule has 5 heteroatoms. The molecule has 1 aliphatic heterocycles. The van der Waals surface area contributed by atoms with Crippen LogP contribution >= 0.6 is 0 Å². The Labute approximate surface area is 89.1 Å². The predicted molar refractivity (Wildman–Crippen MR) is 55.6 cm³/mol. The lowest BCUT2D eigenvalue weighted by Crippen LogP contribution is -2.34. The molecule has 0 radical (unpaired) electrons. The van der Waals surface area contributed by atoms with Crippen molar-refractivity contribution in [3.8, 4) is 0 Å². The molecular weight excluding hydrogens is 192 g/mol. The SMILES string of the molecule is CN1CCC[C@H](Cn2cc(C=O)nn2)C1. The maximum atomic E-state index is 10.4. The van der Waals surface area contributed by atoms with Crippen LogP contribution in [0.1, 0.15) is 23.3 Å². The van der Waals surface area contributed by atoms with E-state index in [1.165, 1.54) is 19.4 Å². The van der Waals surface area contributed by atoms with Crippen molar-refractivity contribution in [2.75, 3.05) is 20.1 Å². The van der Waals surface area contributed by atoms with E-state index in [0.29, 0.717) is 11.6 Å². The van der Waals surface area contributed by atoms with Gasteiger partial charge in [-0.25, -0.2) is 0 Å². The minimum Gasteiger partial charge on any atom is -0.306 e. The fourth-order valence-corrected chi connectivity index (χ4v) is 2.14. The molecule has 0 saturated carbocycles. The van der Waals surface area contributed by atoms with E-state index in [-0.39, 0.29) is 0 Å². The molecule has 0 N–H and O–H groups in total. The molecule has 0 amide bonds. The normalized spacial score (nSPS) is 22.9. The van der Waals surface area contributed by atoms with E-state index >= 15 is 0 Å². The highest BCUT2D eigenvalue weighted by Crippen LogP contribution is 2.16. The summed E-state index contributed by atoms with van der Waals surface area (Å²) in [4.78, 5) is 12.8. The number of hydrogen-bond donors (Lipinski definition) is 0. The number of aldehydes is 1. The minimum absolute atomic E-state index is 0.416. The molecule has 2 rings (SSSR count). The van der Waals surface area contributed by atoms with Gasteiger partial charge in [-0.1, -0.05) is 5.21 Å². The molecule has 1 atom stereocenters. The summed E-state index contributed by atoms with van der Waals surface area (Å²) in [6, 6.07) is 0. The molecule has 82 valence electrons. The Morgan fingerprint density at radius 2 is 2.53 bits per heavy atom. The van der Waals surface area contributed by atoms with Crippen molar-refractivity contribution in [3.05, 3.63) is 11.9 Å². The Kier molecular flexibility index (Phi) is 3.11. The summed E-state index contributed by atoms with van der Waals surface area (Å²) in [5, 5.41) is 7.67. The first-order valence-corrected chi connectivity index (χ1v) is 5.32. The standard InChI is InChI=1S/C10H16N4O/c1-13-4-2-3-9(5-13)6-14-7-10(8-15)11-12-14/h7-9H,2-6H2,1H3/t9-/m0/s1. The van der Waals surface area contributed by atoms with Gasteiger partial charge in [-0.2, -0.15) is 0 Å². The first kappa shape index (κ1) is 10.3. The summed E-state index contributed by atoms with van der Waals surface area (Å²) in [5.41, 5.74) is 0.416. The van der Waals surface area contributed by atoms with Gasteiger partial charge in [0.05, 0.1) is 6.20 Å². The van der Waals surface area contributed by atoms with Gasteiger partial charge >= 0.3 is 0 Å². The molecule has 1 fully saturated rings. The van der Waals surface area contributed by atoms with E-state index in [1.807, 2.05) is 0 Å². The van der Waals surface area contributed by atoms with Crippen molar-refractivity contribution >= 4 is 6.29 Å². The molecule has 1 aromatic heterocycles. The number of carbonyl (C=O) groups excluding carboxylic acids is 1. The second-order valence-electron chi connectivity index (χ2n) is 4.25. The lowest BCUT2D eigenvalue weighted by Gasteiger charge is -2.29. The number of carbonyl (C=O) groups is 1. The first-order valence-electron chi connectivity index (χ1n) is 5.32. The van der Waals surface area contributed by atoms with Gasteiger partial charge in [0.2, 0.25) is 0 Å². The van der Waals surface area contributed by atoms with E-state index in [9.17, 15) is 4.79 Å². The summed E-state index contributed by atoms with van der Waals surface area (Å²) < 4.78 is 1.77. The summed E-state index contributed by atoms with van der Waals surface area (Å²) in [5.74, 6) is 0.630. The van der Waals surface area contributed by atoms with Gasteiger partial charge in [0.1, 0.15) is 5.69 Å². The van der Waals surface area contributed by atoms with Crippen molar-refractivity contribution in [3.63, 3.8) is 0 Å². The smallest absolute Gasteiger partial charge is 0.171 e. The van der Waals surface area contributed by atoms with Crippen molar-refractivity contribution in [2.24, 2.45) is 5.92 Å². The van der Waals surface area contributed by atoms with E-state index in [0.717, 1.165) is 19.4 Å². The van der Waals surface area contributed by atoms with Gasteiger partial charge in [0.25, 0.3) is 0 Å². The Bertz CT molecular complexity index is 336. The van der Waals surface area contributed by atoms with E-state index in [2.05, 4.69) is 22.3 Å². The van der Waals surface area contributed by atoms with E-state index < -0.39 is 0 Å². The van der Waals surface area contributed by atoms with E-state index in [4.69, 9.17) is 0 Å². The van der Waals surface area contributed by atoms with Crippen molar-refractivity contribution in [2.45, 2.75) is 19.4 Å². The van der Waals surface area contributed by atoms with Crippen molar-refractivity contribution < 1.29 is 4.79 Å². The average molecular weight is 208 g/mol. The zero-order valence-corrected chi connectivity index (χ0v) is 8.96. The predicted octanol–water partition coefficient (Wildman–Crippen LogP) is 0.432. The van der Waals surface area contributed by atoms with Crippen LogP contribution in [-0.4, -0.2) is 46.3 Å². The second-order valence-corrected chi connectivity index (χ2v) is 4.25. The number of rotatable bonds is 3. The van der Waals surface area contributed by atoms with Crippen molar-refractivity contribution in [1.29, 1.82) is 0 Å². The number of piperidine rings is 1. The first-order chi connectivity index (χ1) is 7.28. The molecule has 1 aliphatic rings. The fraction of sp³-hybridized carbons (Fsp3) is 0.700. The molecule has 5 nitrogen and oxygen atoms in total. The van der Waals surface area contributed by atoms with E-state index in [1.54, 1.807) is 10.9 Å². The Hall–Kier alpha value is -1.23. The molecular formula is C10H16N4O. The van der Waals surface area contributed by atoms with Gasteiger partial charge in [-0.3, -0.25) is 9.48 Å². The molecule has 0 spiro atoms. The molecule has 0 aliphatic carbocycles. The number of nitrogens with zero attached hydrogens (tertiary/aromatic N) is 4. The number of aromatic nitrogens is 3. The average Bonchev–Trinajstić information content (AvgIpc) is 2.65. The Morgan fingerprint density at radius 1 is 1.67 bits per heavy atom. The third-order valence-corrected chi connectivity index (χ3v) is 2.84. The van der Waals surface area contributed by atoms with Gasteiger partial charge in [-0.15, -0.1) is 5.10 Å². The molecule has 1 aromatic rings. The highest BCUT2D eigenvalue weighted by molar-refractivity contribution is 5.70. The topological polar surface area (TPSA) is 51.0 Å². The highest BCUT2D eigenvalue weighted by atomic mass is 16.1. The maximum Gasteiger partial charge on any atom is 0.171 e. The molecule has 15 heavy (non-hydrogen) atoms. The number of hydrogen-bond acceptors (Lipinski definition) is 4. The fourth-order valence-electron chi connectivity index (χ4n) is 2.14. The number of likely N-dealkylation sites (tertiary alicyclic amines) is 1. The summed E-state index contributed by atoms with van der Waals surface area (Å²) in [7, 11) is 2.14. The van der Waals surface area contributed by atoms with Crippen LogP contribution in [0.25, 0.3) is 0 Å². The van der Waals surface area contributed by atoms with Crippen LogP contribution in [0.2, 0.25) is 0 Å². The van der Waals surface area contributed by atoms with Crippen LogP contribution in [-0.2, 0) is 6.54 Å². The molecule has 0 unspecified atom stereocenters. The van der Waals surface area contributed by atoms with Crippen LogP contribution in [0.5, 0.6) is 0 Å². The third kappa shape index (κ3) is 2.62. The Balaban J connectivity index is 1.92. The lowest BCUT2D eigenvalue weighted by atomic mass is 9.99. The van der Waals surface area contributed by atoms with Crippen LogP contribution < -0.4 is 0 Å². The van der Waals surface area contributed by atoms with Crippen LogP contribution in [0.3, 0.4) is 0 Å². The van der Waals surface area contributed by atoms with Gasteiger partial charge in [-0.05, 0) is 32.4 Å². The molecule has 2 heterocycles.